The van der Waals surface area contributed by atoms with E-state index in [0.29, 0.717) is 31.2 Å². The highest BCUT2D eigenvalue weighted by molar-refractivity contribution is 7.16. The minimum absolute atomic E-state index is 0.0374. The minimum Gasteiger partial charge on any atom is -0.379 e. The first-order valence-electron chi connectivity index (χ1n) is 7.84. The molecule has 1 aromatic heterocycles. The van der Waals surface area contributed by atoms with Crippen molar-refractivity contribution >= 4 is 22.2 Å². The van der Waals surface area contributed by atoms with Gasteiger partial charge >= 0.3 is 0 Å². The summed E-state index contributed by atoms with van der Waals surface area (Å²) in [5.74, 6) is 0.379. The number of nitriles is 1. The van der Waals surface area contributed by atoms with E-state index in [1.54, 1.807) is 11.3 Å². The van der Waals surface area contributed by atoms with Gasteiger partial charge < -0.3 is 10.1 Å². The summed E-state index contributed by atoms with van der Waals surface area (Å²) < 4.78 is 5.29. The predicted octanol–water partition coefficient (Wildman–Crippen LogP) is 2.33. The molecule has 2 aliphatic rings. The van der Waals surface area contributed by atoms with Crippen molar-refractivity contribution in [3.05, 3.63) is 16.0 Å². The molecule has 0 bridgehead atoms. The molecule has 1 aliphatic heterocycles. The highest BCUT2D eigenvalue weighted by atomic mass is 32.1. The third-order valence-corrected chi connectivity index (χ3v) is 5.57. The topological polar surface area (TPSA) is 65.4 Å². The number of nitrogens with zero attached hydrogens (tertiary/aromatic N) is 2. The van der Waals surface area contributed by atoms with E-state index in [0.717, 1.165) is 30.9 Å². The van der Waals surface area contributed by atoms with Crippen molar-refractivity contribution in [1.29, 1.82) is 5.26 Å². The number of thiophene rings is 1. The molecule has 1 fully saturated rings. The van der Waals surface area contributed by atoms with Crippen molar-refractivity contribution in [2.45, 2.75) is 32.1 Å². The average molecular weight is 319 g/mol. The van der Waals surface area contributed by atoms with Crippen LogP contribution in [-0.2, 0) is 16.0 Å². The molecule has 1 atom stereocenters. The number of rotatable bonds is 3. The largest absolute Gasteiger partial charge is 0.379 e. The van der Waals surface area contributed by atoms with Gasteiger partial charge in [-0.25, -0.2) is 0 Å². The van der Waals surface area contributed by atoms with Gasteiger partial charge in [0.25, 0.3) is 0 Å². The van der Waals surface area contributed by atoms with Gasteiger partial charge in [0, 0.05) is 18.0 Å². The fourth-order valence-corrected chi connectivity index (χ4v) is 4.57. The quantitative estimate of drug-likeness (QED) is 0.928. The van der Waals surface area contributed by atoms with E-state index in [1.165, 1.54) is 16.9 Å². The van der Waals surface area contributed by atoms with Crippen LogP contribution in [-0.4, -0.2) is 43.7 Å². The number of aryl methyl sites for hydroxylation is 1. The Morgan fingerprint density at radius 2 is 2.27 bits per heavy atom. The molecule has 1 aliphatic carbocycles. The van der Waals surface area contributed by atoms with Crippen LogP contribution in [0, 0.1) is 11.3 Å². The van der Waals surface area contributed by atoms with Gasteiger partial charge in [-0.15, -0.1) is 11.3 Å². The number of nitrogens with one attached hydrogen (secondary N) is 1. The number of hydrogen-bond acceptors (Lipinski definition) is 5. The number of fused-ring (bicyclic) bond motifs is 1. The van der Waals surface area contributed by atoms with Gasteiger partial charge in [0.1, 0.15) is 11.1 Å². The summed E-state index contributed by atoms with van der Waals surface area (Å²) in [5, 5.41) is 13.2. The summed E-state index contributed by atoms with van der Waals surface area (Å²) in [6, 6.07) is 2.31. The van der Waals surface area contributed by atoms with Crippen LogP contribution in [0.5, 0.6) is 0 Å². The number of morpholine rings is 1. The minimum atomic E-state index is -0.0374. The number of hydrogen-bond donors (Lipinski definition) is 1. The van der Waals surface area contributed by atoms with Crippen molar-refractivity contribution in [3.8, 4) is 6.07 Å². The lowest BCUT2D eigenvalue weighted by atomic mass is 9.87. The number of amides is 1. The van der Waals surface area contributed by atoms with Gasteiger partial charge in [-0.2, -0.15) is 5.26 Å². The Balaban J connectivity index is 1.72. The third-order valence-electron chi connectivity index (χ3n) is 4.39. The maximum Gasteiger partial charge on any atom is 0.239 e. The summed E-state index contributed by atoms with van der Waals surface area (Å²) >= 11 is 1.58. The summed E-state index contributed by atoms with van der Waals surface area (Å²) in [6.07, 6.45) is 3.32. The van der Waals surface area contributed by atoms with Crippen LogP contribution < -0.4 is 5.32 Å². The van der Waals surface area contributed by atoms with Gasteiger partial charge in [0.2, 0.25) is 5.91 Å². The lowest BCUT2D eigenvalue weighted by Gasteiger charge is -2.25. The molecule has 1 N–H and O–H groups in total. The Morgan fingerprint density at radius 3 is 3.00 bits per heavy atom. The van der Waals surface area contributed by atoms with E-state index in [2.05, 4.69) is 23.2 Å². The molecule has 6 heteroatoms. The van der Waals surface area contributed by atoms with Crippen molar-refractivity contribution in [2.75, 3.05) is 38.2 Å². The van der Waals surface area contributed by atoms with Crippen molar-refractivity contribution in [2.24, 2.45) is 0 Å². The standard InChI is InChI=1S/C16H21N3O2S/c1-11-3-2-4-13-15(11)12(9-17)16(22-13)18-14(20)10-19-5-7-21-8-6-19/h11H,2-8,10H2,1H3,(H,18,20). The van der Waals surface area contributed by atoms with E-state index in [1.807, 2.05) is 0 Å². The van der Waals surface area contributed by atoms with E-state index in [-0.39, 0.29) is 5.91 Å². The highest BCUT2D eigenvalue weighted by Gasteiger charge is 2.26. The Labute approximate surface area is 134 Å². The van der Waals surface area contributed by atoms with Crippen LogP contribution >= 0.6 is 11.3 Å². The monoisotopic (exact) mass is 319 g/mol. The second kappa shape index (κ2) is 6.78. The Bertz CT molecular complexity index is 599. The van der Waals surface area contributed by atoms with Crippen LogP contribution in [0.4, 0.5) is 5.00 Å². The number of ether oxygens (including phenoxy) is 1. The Kier molecular flexibility index (Phi) is 4.77. The lowest BCUT2D eigenvalue weighted by molar-refractivity contribution is -0.118. The molecular formula is C16H21N3O2S. The number of carbonyl (C=O) groups excluding carboxylic acids is 1. The molecule has 0 aromatic carbocycles. The SMILES string of the molecule is CC1CCCc2sc(NC(=O)CN3CCOCC3)c(C#N)c21. The molecule has 3 rings (SSSR count). The van der Waals surface area contributed by atoms with Gasteiger partial charge in [-0.05, 0) is 30.7 Å². The Morgan fingerprint density at radius 1 is 1.50 bits per heavy atom. The number of anilines is 1. The predicted molar refractivity (Wildman–Crippen MR) is 86.3 cm³/mol. The fourth-order valence-electron chi connectivity index (χ4n) is 3.24. The van der Waals surface area contributed by atoms with Gasteiger partial charge in [0.15, 0.2) is 0 Å². The average Bonchev–Trinajstić information content (AvgIpc) is 2.86. The maximum absolute atomic E-state index is 12.2. The lowest BCUT2D eigenvalue weighted by Crippen LogP contribution is -2.41. The maximum atomic E-state index is 12.2. The molecule has 1 unspecified atom stereocenters. The molecule has 0 saturated carbocycles. The van der Waals surface area contributed by atoms with Gasteiger partial charge in [-0.1, -0.05) is 6.92 Å². The number of carbonyl (C=O) groups is 1. The van der Waals surface area contributed by atoms with Gasteiger partial charge in [0.05, 0.1) is 25.3 Å². The highest BCUT2D eigenvalue weighted by Crippen LogP contribution is 2.42. The van der Waals surface area contributed by atoms with Crippen LogP contribution in [0.3, 0.4) is 0 Å². The Hall–Kier alpha value is -1.42. The first kappa shape index (κ1) is 15.5. The smallest absolute Gasteiger partial charge is 0.239 e. The van der Waals surface area contributed by atoms with Crippen LogP contribution in [0.1, 0.15) is 41.7 Å². The van der Waals surface area contributed by atoms with Crippen LogP contribution in [0.15, 0.2) is 0 Å². The van der Waals surface area contributed by atoms with Crippen LogP contribution in [0.25, 0.3) is 0 Å². The molecule has 22 heavy (non-hydrogen) atoms. The zero-order chi connectivity index (χ0) is 15.5. The molecule has 0 spiro atoms. The molecular weight excluding hydrogens is 298 g/mol. The zero-order valence-electron chi connectivity index (χ0n) is 12.9. The molecule has 1 amide bonds. The summed E-state index contributed by atoms with van der Waals surface area (Å²) in [7, 11) is 0. The molecule has 1 aromatic rings. The normalized spacial score (nSPS) is 21.9. The summed E-state index contributed by atoms with van der Waals surface area (Å²) in [4.78, 5) is 15.6. The molecule has 1 saturated heterocycles. The van der Waals surface area contributed by atoms with Crippen molar-refractivity contribution in [3.63, 3.8) is 0 Å². The molecule has 2 heterocycles. The molecule has 0 radical (unpaired) electrons. The fraction of sp³-hybridized carbons (Fsp3) is 0.625. The van der Waals surface area contributed by atoms with E-state index >= 15 is 0 Å². The van der Waals surface area contributed by atoms with Gasteiger partial charge in [-0.3, -0.25) is 9.69 Å². The van der Waals surface area contributed by atoms with E-state index < -0.39 is 0 Å². The van der Waals surface area contributed by atoms with E-state index in [9.17, 15) is 10.1 Å². The first-order chi connectivity index (χ1) is 10.7. The van der Waals surface area contributed by atoms with Crippen LogP contribution in [0.2, 0.25) is 0 Å². The second-order valence-corrected chi connectivity index (χ2v) is 7.09. The summed E-state index contributed by atoms with van der Waals surface area (Å²) in [5.41, 5.74) is 1.85. The molecule has 5 nitrogen and oxygen atoms in total. The second-order valence-electron chi connectivity index (χ2n) is 5.98. The molecule has 118 valence electrons. The zero-order valence-corrected chi connectivity index (χ0v) is 13.7. The third kappa shape index (κ3) is 3.17. The van der Waals surface area contributed by atoms with E-state index in [4.69, 9.17) is 4.74 Å². The first-order valence-corrected chi connectivity index (χ1v) is 8.66. The summed E-state index contributed by atoms with van der Waals surface area (Å²) in [6.45, 7) is 5.48. The van der Waals surface area contributed by atoms with Crippen molar-refractivity contribution < 1.29 is 9.53 Å². The van der Waals surface area contributed by atoms with Crippen molar-refractivity contribution in [1.82, 2.24) is 4.90 Å².